The van der Waals surface area contributed by atoms with E-state index in [1.807, 2.05) is 0 Å². The van der Waals surface area contributed by atoms with Crippen LogP contribution in [0.1, 0.15) is 22.3 Å². The molecule has 0 spiro atoms. The first kappa shape index (κ1) is 16.9. The number of hydrogen-bond donors (Lipinski definition) is 0. The topological polar surface area (TPSA) is 3.01 Å². The molecule has 4 rings (SSSR count). The van der Waals surface area contributed by atoms with Gasteiger partial charge in [0.05, 0.1) is 0 Å². The van der Waals surface area contributed by atoms with Gasteiger partial charge < -0.3 is 24.0 Å². The summed E-state index contributed by atoms with van der Waals surface area (Å²) in [5, 5.41) is 0. The average molecular weight is 425 g/mol. The van der Waals surface area contributed by atoms with Crippen LogP contribution in [0.25, 0.3) is 0 Å². The highest BCUT2D eigenvalue weighted by Crippen LogP contribution is 2.21. The Hall–Kier alpha value is -1.94. The smallest absolute Gasteiger partial charge is 0.215 e. The summed E-state index contributed by atoms with van der Waals surface area (Å²) in [6, 6.07) is 30.3. The maximum absolute atomic E-state index is 2.52. The minimum Gasteiger partial charge on any atom is -1.00 e. The molecule has 0 aliphatic carbocycles. The molecule has 1 heterocycles. The summed E-state index contributed by atoms with van der Waals surface area (Å²) < 4.78 is 2.52. The lowest BCUT2D eigenvalue weighted by Crippen LogP contribution is -3.00. The average Bonchev–Trinajstić information content (AvgIpc) is 2.63. The van der Waals surface area contributed by atoms with Crippen LogP contribution in [0.4, 0.5) is 0 Å². The number of nitrogens with zero attached hydrogens (tertiary/aromatic N) is 1. The van der Waals surface area contributed by atoms with Crippen LogP contribution >= 0.6 is 0 Å². The zero-order valence-corrected chi connectivity index (χ0v) is 15.7. The van der Waals surface area contributed by atoms with Crippen molar-refractivity contribution >= 4 is 5.71 Å². The van der Waals surface area contributed by atoms with E-state index in [-0.39, 0.29) is 24.0 Å². The van der Waals surface area contributed by atoms with Crippen molar-refractivity contribution in [3.63, 3.8) is 0 Å². The number of rotatable bonds is 3. The molecule has 2 heteroatoms. The third kappa shape index (κ3) is 3.44. The van der Waals surface area contributed by atoms with Crippen molar-refractivity contribution < 1.29 is 28.6 Å². The van der Waals surface area contributed by atoms with E-state index in [1.165, 1.54) is 28.0 Å². The van der Waals surface area contributed by atoms with Crippen LogP contribution in [0.15, 0.2) is 84.9 Å². The molecule has 3 aromatic carbocycles. The van der Waals surface area contributed by atoms with Crippen molar-refractivity contribution in [1.29, 1.82) is 0 Å². The van der Waals surface area contributed by atoms with Gasteiger partial charge in [-0.1, -0.05) is 66.7 Å². The molecule has 1 aliphatic heterocycles. The molecular weight excluding hydrogens is 405 g/mol. The van der Waals surface area contributed by atoms with Gasteiger partial charge in [0, 0.05) is 23.1 Å². The van der Waals surface area contributed by atoms with E-state index < -0.39 is 0 Å². The van der Waals surface area contributed by atoms with E-state index in [9.17, 15) is 0 Å². The maximum Gasteiger partial charge on any atom is 0.215 e. The molecule has 0 unspecified atom stereocenters. The van der Waals surface area contributed by atoms with E-state index in [1.54, 1.807) is 0 Å². The number of hydrogen-bond acceptors (Lipinski definition) is 0. The summed E-state index contributed by atoms with van der Waals surface area (Å²) in [6.07, 6.45) is 1.11. The van der Waals surface area contributed by atoms with Crippen LogP contribution in [-0.4, -0.2) is 16.8 Å². The Morgan fingerprint density at radius 2 is 1.33 bits per heavy atom. The van der Waals surface area contributed by atoms with E-state index in [0.29, 0.717) is 0 Å². The van der Waals surface area contributed by atoms with Crippen molar-refractivity contribution in [1.82, 2.24) is 0 Å². The Morgan fingerprint density at radius 3 is 2.08 bits per heavy atom. The predicted molar refractivity (Wildman–Crippen MR) is 95.1 cm³/mol. The van der Waals surface area contributed by atoms with Gasteiger partial charge in [-0.15, -0.1) is 0 Å². The number of benzene rings is 3. The summed E-state index contributed by atoms with van der Waals surface area (Å²) in [6.45, 7) is 2.02. The van der Waals surface area contributed by atoms with Gasteiger partial charge in [0.1, 0.15) is 6.54 Å². The van der Waals surface area contributed by atoms with E-state index >= 15 is 0 Å². The predicted octanol–water partition coefficient (Wildman–Crippen LogP) is 1.30. The molecule has 1 nitrogen and oxygen atoms in total. The first-order valence-corrected chi connectivity index (χ1v) is 8.21. The quantitative estimate of drug-likeness (QED) is 0.440. The molecule has 0 saturated carbocycles. The Balaban J connectivity index is 0.00000169. The summed E-state index contributed by atoms with van der Waals surface area (Å²) >= 11 is 0. The Kier molecular flexibility index (Phi) is 5.46. The SMILES string of the molecule is [I-].c1ccc(C[N+]2=C(c3ccccc3)c3ccccc3CC2)cc1. The van der Waals surface area contributed by atoms with E-state index in [2.05, 4.69) is 89.5 Å². The summed E-state index contributed by atoms with van der Waals surface area (Å²) in [7, 11) is 0. The monoisotopic (exact) mass is 425 g/mol. The first-order valence-electron chi connectivity index (χ1n) is 8.21. The minimum absolute atomic E-state index is 0. The summed E-state index contributed by atoms with van der Waals surface area (Å²) in [4.78, 5) is 0. The van der Waals surface area contributed by atoms with Crippen molar-refractivity contribution in [2.75, 3.05) is 6.54 Å². The van der Waals surface area contributed by atoms with Crippen LogP contribution < -0.4 is 24.0 Å². The summed E-state index contributed by atoms with van der Waals surface area (Å²) in [5.41, 5.74) is 6.85. The molecule has 0 amide bonds. The van der Waals surface area contributed by atoms with Crippen molar-refractivity contribution in [2.45, 2.75) is 13.0 Å². The van der Waals surface area contributed by atoms with Crippen molar-refractivity contribution in [2.24, 2.45) is 0 Å². The minimum atomic E-state index is 0. The fraction of sp³-hybridized carbons (Fsp3) is 0.136. The molecule has 1 aliphatic rings. The second-order valence-electron chi connectivity index (χ2n) is 6.03. The van der Waals surface area contributed by atoms with Crippen molar-refractivity contribution in [3.05, 3.63) is 107 Å². The lowest BCUT2D eigenvalue weighted by atomic mass is 9.92. The normalized spacial score (nSPS) is 13.2. The molecule has 0 aromatic heterocycles. The number of fused-ring (bicyclic) bond motifs is 1. The molecule has 3 aromatic rings. The molecule has 0 radical (unpaired) electrons. The standard InChI is InChI=1S/C22H20N.HI/c1-3-9-18(10-4-1)17-23-16-15-19-11-7-8-14-21(19)22(23)20-12-5-2-6-13-20;/h1-14H,15-17H2;1H/q+1;/p-1. The molecule has 24 heavy (non-hydrogen) atoms. The largest absolute Gasteiger partial charge is 1.00 e. The summed E-state index contributed by atoms with van der Waals surface area (Å²) in [5.74, 6) is 0. The number of halogens is 1. The second-order valence-corrected chi connectivity index (χ2v) is 6.03. The van der Waals surface area contributed by atoms with Crippen LogP contribution in [0.3, 0.4) is 0 Å². The molecule has 0 fully saturated rings. The Morgan fingerprint density at radius 1 is 0.708 bits per heavy atom. The molecule has 0 N–H and O–H groups in total. The van der Waals surface area contributed by atoms with Gasteiger partial charge in [-0.2, -0.15) is 0 Å². The maximum atomic E-state index is 2.52. The molecule has 0 bridgehead atoms. The van der Waals surface area contributed by atoms with Gasteiger partial charge in [-0.3, -0.25) is 0 Å². The van der Waals surface area contributed by atoms with Gasteiger partial charge in [0.15, 0.2) is 6.54 Å². The van der Waals surface area contributed by atoms with Gasteiger partial charge in [0.25, 0.3) is 0 Å². The van der Waals surface area contributed by atoms with Crippen LogP contribution in [0.2, 0.25) is 0 Å². The molecular formula is C22H20IN. The fourth-order valence-corrected chi connectivity index (χ4v) is 3.40. The van der Waals surface area contributed by atoms with Crippen LogP contribution in [-0.2, 0) is 13.0 Å². The Labute approximate surface area is 160 Å². The zero-order chi connectivity index (χ0) is 15.5. The highest BCUT2D eigenvalue weighted by molar-refractivity contribution is 6.10. The molecule has 0 atom stereocenters. The molecule has 0 saturated heterocycles. The van der Waals surface area contributed by atoms with Crippen LogP contribution in [0.5, 0.6) is 0 Å². The van der Waals surface area contributed by atoms with Gasteiger partial charge in [-0.25, -0.2) is 4.58 Å². The zero-order valence-electron chi connectivity index (χ0n) is 13.5. The van der Waals surface area contributed by atoms with Gasteiger partial charge in [0.2, 0.25) is 5.71 Å². The highest BCUT2D eigenvalue weighted by atomic mass is 127. The second kappa shape index (κ2) is 7.75. The lowest BCUT2D eigenvalue weighted by Gasteiger charge is -2.19. The highest BCUT2D eigenvalue weighted by Gasteiger charge is 2.26. The third-order valence-corrected chi connectivity index (χ3v) is 4.50. The van der Waals surface area contributed by atoms with Crippen LogP contribution in [0, 0.1) is 0 Å². The van der Waals surface area contributed by atoms with Gasteiger partial charge in [-0.05, 0) is 23.8 Å². The van der Waals surface area contributed by atoms with E-state index in [0.717, 1.165) is 19.5 Å². The van der Waals surface area contributed by atoms with Gasteiger partial charge >= 0.3 is 0 Å². The fourth-order valence-electron chi connectivity index (χ4n) is 3.40. The van der Waals surface area contributed by atoms with Crippen molar-refractivity contribution in [3.8, 4) is 0 Å². The third-order valence-electron chi connectivity index (χ3n) is 4.50. The molecule has 120 valence electrons. The lowest BCUT2D eigenvalue weighted by molar-refractivity contribution is -0.544. The van der Waals surface area contributed by atoms with E-state index in [4.69, 9.17) is 0 Å². The Bertz CT molecular complexity index is 838. The first-order chi connectivity index (χ1) is 11.4.